The first-order chi connectivity index (χ1) is 9.70. The molecule has 0 atom stereocenters. The van der Waals surface area contributed by atoms with Crippen molar-refractivity contribution in [2.75, 3.05) is 0 Å². The third-order valence-corrected chi connectivity index (χ3v) is 2.93. The Labute approximate surface area is 117 Å². The highest BCUT2D eigenvalue weighted by Crippen LogP contribution is 2.05. The van der Waals surface area contributed by atoms with Gasteiger partial charge in [-0.05, 0) is 36.2 Å². The third kappa shape index (κ3) is 3.52. The molecular weight excluding hydrogens is 254 g/mol. The van der Waals surface area contributed by atoms with Gasteiger partial charge in [-0.15, -0.1) is 0 Å². The van der Waals surface area contributed by atoms with Gasteiger partial charge < -0.3 is 16.3 Å². The normalized spacial score (nSPS) is 11.6. The molecule has 0 aliphatic rings. The molecule has 0 aromatic carbocycles. The summed E-state index contributed by atoms with van der Waals surface area (Å²) in [6, 6.07) is 7.62. The Morgan fingerprint density at radius 2 is 2.15 bits per heavy atom. The Morgan fingerprint density at radius 3 is 2.90 bits per heavy atom. The van der Waals surface area contributed by atoms with E-state index in [9.17, 15) is 0 Å². The Morgan fingerprint density at radius 1 is 1.30 bits per heavy atom. The van der Waals surface area contributed by atoms with Crippen LogP contribution < -0.4 is 11.1 Å². The summed E-state index contributed by atoms with van der Waals surface area (Å²) in [6.45, 7) is 3.38. The van der Waals surface area contributed by atoms with Crippen LogP contribution >= 0.6 is 0 Å². The van der Waals surface area contributed by atoms with E-state index in [1.54, 1.807) is 18.5 Å². The molecule has 20 heavy (non-hydrogen) atoms. The number of aromatic nitrogens is 2. The van der Waals surface area contributed by atoms with E-state index in [0.717, 1.165) is 16.8 Å². The summed E-state index contributed by atoms with van der Waals surface area (Å²) in [5.41, 5.74) is 9.16. The summed E-state index contributed by atoms with van der Waals surface area (Å²) in [5, 5.41) is 14.9. The largest absolute Gasteiger partial charge is 0.409 e. The number of nitrogens with zero attached hydrogens (tertiary/aromatic N) is 3. The lowest BCUT2D eigenvalue weighted by Gasteiger charge is -2.07. The van der Waals surface area contributed by atoms with Crippen LogP contribution in [0.25, 0.3) is 0 Å². The topological polar surface area (TPSA) is 96.4 Å². The van der Waals surface area contributed by atoms with Gasteiger partial charge in [-0.2, -0.15) is 0 Å². The molecule has 0 saturated heterocycles. The Hall–Kier alpha value is -2.47. The maximum Gasteiger partial charge on any atom is 0.188 e. The van der Waals surface area contributed by atoms with Gasteiger partial charge in [0.15, 0.2) is 5.84 Å². The van der Waals surface area contributed by atoms with Gasteiger partial charge in [0.25, 0.3) is 0 Å². The minimum Gasteiger partial charge on any atom is -0.409 e. The first kappa shape index (κ1) is 14.0. The molecule has 2 aromatic rings. The van der Waals surface area contributed by atoms with Crippen LogP contribution in [0.3, 0.4) is 0 Å². The zero-order valence-electron chi connectivity index (χ0n) is 11.2. The van der Waals surface area contributed by atoms with Gasteiger partial charge in [-0.25, -0.2) is 0 Å². The Kier molecular flexibility index (Phi) is 4.62. The minimum absolute atomic E-state index is 0.00687. The molecule has 0 bridgehead atoms. The highest BCUT2D eigenvalue weighted by atomic mass is 16.4. The lowest BCUT2D eigenvalue weighted by molar-refractivity contribution is 0.318. The number of rotatable bonds is 5. The number of pyridine rings is 2. The molecule has 6 heteroatoms. The molecule has 6 nitrogen and oxygen atoms in total. The summed E-state index contributed by atoms with van der Waals surface area (Å²) in [6.07, 6.45) is 3.42. The van der Waals surface area contributed by atoms with Crippen LogP contribution in [-0.4, -0.2) is 21.0 Å². The van der Waals surface area contributed by atoms with Gasteiger partial charge in [0, 0.05) is 25.5 Å². The standard InChI is InChI=1S/C14H17N5O/c1-10-3-2-5-17-13(10)9-16-8-11-4-6-18-12(7-11)14(15)19-20/h2-7,16,20H,8-9H2,1H3,(H2,15,19). The van der Waals surface area contributed by atoms with Crippen LogP contribution in [0.4, 0.5) is 0 Å². The first-order valence-electron chi connectivity index (χ1n) is 6.24. The van der Waals surface area contributed by atoms with Gasteiger partial charge in [-0.1, -0.05) is 11.2 Å². The van der Waals surface area contributed by atoms with Crippen LogP contribution in [0.5, 0.6) is 0 Å². The quantitative estimate of drug-likeness (QED) is 0.328. The molecule has 0 amide bonds. The maximum atomic E-state index is 8.63. The van der Waals surface area contributed by atoms with Crippen molar-refractivity contribution in [1.82, 2.24) is 15.3 Å². The van der Waals surface area contributed by atoms with Gasteiger partial charge in [0.1, 0.15) is 5.69 Å². The zero-order chi connectivity index (χ0) is 14.4. The fourth-order valence-electron chi connectivity index (χ4n) is 1.80. The maximum absolute atomic E-state index is 8.63. The summed E-state index contributed by atoms with van der Waals surface area (Å²) >= 11 is 0. The van der Waals surface area contributed by atoms with Crippen molar-refractivity contribution in [3.8, 4) is 0 Å². The fraction of sp³-hybridized carbons (Fsp3) is 0.214. The Bertz CT molecular complexity index is 612. The van der Waals surface area contributed by atoms with Crippen LogP contribution in [0.1, 0.15) is 22.5 Å². The van der Waals surface area contributed by atoms with E-state index in [2.05, 4.69) is 20.4 Å². The second kappa shape index (κ2) is 6.63. The molecule has 4 N–H and O–H groups in total. The molecule has 2 rings (SSSR count). The SMILES string of the molecule is Cc1cccnc1CNCc1ccnc(C(N)=NO)c1. The molecular formula is C14H17N5O. The monoisotopic (exact) mass is 271 g/mol. The van der Waals surface area contributed by atoms with Gasteiger partial charge in [0.05, 0.1) is 5.69 Å². The van der Waals surface area contributed by atoms with Crippen LogP contribution in [0, 0.1) is 6.92 Å². The van der Waals surface area contributed by atoms with E-state index in [0.29, 0.717) is 18.8 Å². The molecule has 0 spiro atoms. The van der Waals surface area contributed by atoms with E-state index in [1.807, 2.05) is 25.1 Å². The van der Waals surface area contributed by atoms with Crippen molar-refractivity contribution in [2.45, 2.75) is 20.0 Å². The van der Waals surface area contributed by atoms with E-state index in [1.165, 1.54) is 0 Å². The molecule has 0 unspecified atom stereocenters. The van der Waals surface area contributed by atoms with Crippen molar-refractivity contribution < 1.29 is 5.21 Å². The summed E-state index contributed by atoms with van der Waals surface area (Å²) in [7, 11) is 0. The fourth-order valence-corrected chi connectivity index (χ4v) is 1.80. The number of nitrogens with two attached hydrogens (primary N) is 1. The predicted molar refractivity (Wildman–Crippen MR) is 76.3 cm³/mol. The highest BCUT2D eigenvalue weighted by Gasteiger charge is 2.03. The molecule has 0 radical (unpaired) electrons. The predicted octanol–water partition coefficient (Wildman–Crippen LogP) is 1.17. The van der Waals surface area contributed by atoms with Gasteiger partial charge in [-0.3, -0.25) is 9.97 Å². The highest BCUT2D eigenvalue weighted by molar-refractivity contribution is 5.95. The molecule has 0 aliphatic carbocycles. The lowest BCUT2D eigenvalue weighted by atomic mass is 10.2. The number of hydrogen-bond donors (Lipinski definition) is 3. The molecule has 2 heterocycles. The smallest absolute Gasteiger partial charge is 0.188 e. The average molecular weight is 271 g/mol. The van der Waals surface area contributed by atoms with Crippen molar-refractivity contribution in [3.05, 3.63) is 59.2 Å². The van der Waals surface area contributed by atoms with E-state index in [-0.39, 0.29) is 5.84 Å². The van der Waals surface area contributed by atoms with Crippen molar-refractivity contribution in [3.63, 3.8) is 0 Å². The van der Waals surface area contributed by atoms with Crippen molar-refractivity contribution in [1.29, 1.82) is 0 Å². The Balaban J connectivity index is 1.96. The second-order valence-corrected chi connectivity index (χ2v) is 4.41. The third-order valence-electron chi connectivity index (χ3n) is 2.93. The number of nitrogens with one attached hydrogen (secondary N) is 1. The van der Waals surface area contributed by atoms with Crippen LogP contribution in [-0.2, 0) is 13.1 Å². The number of amidine groups is 1. The van der Waals surface area contributed by atoms with E-state index < -0.39 is 0 Å². The van der Waals surface area contributed by atoms with Crippen molar-refractivity contribution in [2.24, 2.45) is 10.9 Å². The number of oxime groups is 1. The van der Waals surface area contributed by atoms with Crippen LogP contribution in [0.15, 0.2) is 41.8 Å². The van der Waals surface area contributed by atoms with E-state index >= 15 is 0 Å². The lowest BCUT2D eigenvalue weighted by Crippen LogP contribution is -2.17. The van der Waals surface area contributed by atoms with Crippen LogP contribution in [0.2, 0.25) is 0 Å². The van der Waals surface area contributed by atoms with E-state index in [4.69, 9.17) is 10.9 Å². The zero-order valence-corrected chi connectivity index (χ0v) is 11.2. The number of hydrogen-bond acceptors (Lipinski definition) is 5. The van der Waals surface area contributed by atoms with Crippen molar-refractivity contribution >= 4 is 5.84 Å². The molecule has 104 valence electrons. The minimum atomic E-state index is 0.00687. The first-order valence-corrected chi connectivity index (χ1v) is 6.24. The summed E-state index contributed by atoms with van der Waals surface area (Å²) in [5.74, 6) is 0.00687. The summed E-state index contributed by atoms with van der Waals surface area (Å²) in [4.78, 5) is 8.36. The second-order valence-electron chi connectivity index (χ2n) is 4.41. The van der Waals surface area contributed by atoms with Gasteiger partial charge >= 0.3 is 0 Å². The molecule has 0 saturated carbocycles. The average Bonchev–Trinajstić information content (AvgIpc) is 2.49. The molecule has 0 aliphatic heterocycles. The summed E-state index contributed by atoms with van der Waals surface area (Å²) < 4.78 is 0. The number of aryl methyl sites for hydroxylation is 1. The molecule has 0 fully saturated rings. The molecule has 2 aromatic heterocycles. The van der Waals surface area contributed by atoms with Gasteiger partial charge in [0.2, 0.25) is 0 Å².